The van der Waals surface area contributed by atoms with E-state index in [0.717, 1.165) is 0 Å². The van der Waals surface area contributed by atoms with E-state index in [9.17, 15) is 18.0 Å². The van der Waals surface area contributed by atoms with Crippen LogP contribution in [0.2, 0.25) is 0 Å². The summed E-state index contributed by atoms with van der Waals surface area (Å²) in [5.41, 5.74) is 0.0339. The lowest BCUT2D eigenvalue weighted by molar-refractivity contribution is -0.136. The molecule has 0 aliphatic rings. The van der Waals surface area contributed by atoms with E-state index in [1.807, 2.05) is 0 Å². The van der Waals surface area contributed by atoms with E-state index in [1.54, 1.807) is 12.1 Å². The van der Waals surface area contributed by atoms with Crippen molar-refractivity contribution >= 4 is 21.7 Å². The second kappa shape index (κ2) is 6.51. The summed E-state index contributed by atoms with van der Waals surface area (Å²) in [6.45, 7) is 3.02. The monoisotopic (exact) mass is 299 g/mol. The average molecular weight is 299 g/mol. The molecule has 0 bridgehead atoms. The van der Waals surface area contributed by atoms with Crippen molar-refractivity contribution in [3.63, 3.8) is 0 Å². The number of hydrogen-bond acceptors (Lipinski definition) is 4. The van der Waals surface area contributed by atoms with Crippen LogP contribution >= 0.6 is 0 Å². The fraction of sp³-hybridized carbons (Fsp3) is 0.385. The predicted molar refractivity (Wildman–Crippen MR) is 73.3 cm³/mol. The minimum atomic E-state index is -3.57. The number of sulfone groups is 1. The number of carboxylic acid groups (broad SMARTS) is 1. The minimum Gasteiger partial charge on any atom is -0.481 e. The van der Waals surface area contributed by atoms with Gasteiger partial charge in [0.2, 0.25) is 0 Å². The largest absolute Gasteiger partial charge is 0.481 e. The molecule has 0 fully saturated rings. The smallest absolute Gasteiger partial charge is 0.305 e. The van der Waals surface area contributed by atoms with E-state index in [-0.39, 0.29) is 23.4 Å². The first-order chi connectivity index (χ1) is 9.26. The van der Waals surface area contributed by atoms with Crippen molar-refractivity contribution in [3.8, 4) is 0 Å². The Hall–Kier alpha value is -1.89. The summed E-state index contributed by atoms with van der Waals surface area (Å²) in [7, 11) is -3.57. The Morgan fingerprint density at radius 2 is 1.85 bits per heavy atom. The molecule has 7 heteroatoms. The molecule has 0 aromatic heterocycles. The van der Waals surface area contributed by atoms with E-state index in [1.165, 1.54) is 26.0 Å². The van der Waals surface area contributed by atoms with E-state index in [0.29, 0.717) is 0 Å². The van der Waals surface area contributed by atoms with Gasteiger partial charge in [-0.15, -0.1) is 0 Å². The van der Waals surface area contributed by atoms with Gasteiger partial charge in [0.15, 0.2) is 9.84 Å². The fourth-order valence-electron chi connectivity index (χ4n) is 1.53. The van der Waals surface area contributed by atoms with E-state index in [4.69, 9.17) is 5.11 Å². The Labute approximate surface area is 117 Å². The van der Waals surface area contributed by atoms with Crippen LogP contribution in [0.15, 0.2) is 29.2 Å². The summed E-state index contributed by atoms with van der Waals surface area (Å²) in [5, 5.41) is 10.3. The molecule has 1 rings (SSSR count). The number of carbonyl (C=O) groups is 2. The highest BCUT2D eigenvalue weighted by Gasteiger charge is 2.24. The number of rotatable bonds is 6. The van der Waals surface area contributed by atoms with Gasteiger partial charge in [0.25, 0.3) is 5.91 Å². The summed E-state index contributed by atoms with van der Waals surface area (Å²) >= 11 is 0. The standard InChI is InChI=1S/C13H17NO5S/c1-9(2)20(18,19)11-6-4-3-5-10(11)13(17)14-8-7-12(15)16/h3-6,9H,7-8H2,1-2H3,(H,14,17)(H,15,16). The molecule has 0 saturated heterocycles. The molecule has 0 aliphatic heterocycles. The number of benzene rings is 1. The van der Waals surface area contributed by atoms with Crippen molar-refractivity contribution in [1.82, 2.24) is 5.32 Å². The lowest BCUT2D eigenvalue weighted by Gasteiger charge is -2.12. The van der Waals surface area contributed by atoms with Crippen LogP contribution in [0.25, 0.3) is 0 Å². The van der Waals surface area contributed by atoms with Crippen molar-refractivity contribution < 1.29 is 23.1 Å². The molecule has 0 spiro atoms. The number of nitrogens with one attached hydrogen (secondary N) is 1. The van der Waals surface area contributed by atoms with Crippen LogP contribution in [-0.4, -0.2) is 37.2 Å². The van der Waals surface area contributed by atoms with Gasteiger partial charge in [0.1, 0.15) is 0 Å². The third-order valence-corrected chi connectivity index (χ3v) is 4.89. The molecule has 0 atom stereocenters. The molecule has 1 amide bonds. The average Bonchev–Trinajstić information content (AvgIpc) is 2.38. The van der Waals surface area contributed by atoms with Crippen LogP contribution in [0.1, 0.15) is 30.6 Å². The molecule has 0 radical (unpaired) electrons. The Balaban J connectivity index is 3.02. The first-order valence-electron chi connectivity index (χ1n) is 6.09. The zero-order valence-corrected chi connectivity index (χ0v) is 12.1. The molecule has 1 aromatic rings. The third kappa shape index (κ3) is 3.80. The molecule has 0 heterocycles. The van der Waals surface area contributed by atoms with E-state index >= 15 is 0 Å². The van der Waals surface area contributed by atoms with Crippen LogP contribution < -0.4 is 5.32 Å². The van der Waals surface area contributed by atoms with Gasteiger partial charge in [-0.25, -0.2) is 8.42 Å². The van der Waals surface area contributed by atoms with Crippen LogP contribution in [0.3, 0.4) is 0 Å². The predicted octanol–water partition coefficient (Wildman–Crippen LogP) is 1.07. The van der Waals surface area contributed by atoms with Crippen LogP contribution in [0.5, 0.6) is 0 Å². The summed E-state index contributed by atoms with van der Waals surface area (Å²) in [4.78, 5) is 22.3. The molecule has 1 aromatic carbocycles. The maximum atomic E-state index is 12.2. The number of carboxylic acids is 1. The van der Waals surface area contributed by atoms with Crippen LogP contribution in [0, 0.1) is 0 Å². The highest BCUT2D eigenvalue weighted by molar-refractivity contribution is 7.92. The molecular formula is C13H17NO5S. The zero-order valence-electron chi connectivity index (χ0n) is 11.3. The van der Waals surface area contributed by atoms with Crippen molar-refractivity contribution in [2.75, 3.05) is 6.54 Å². The fourth-order valence-corrected chi connectivity index (χ4v) is 2.78. The molecule has 0 saturated carbocycles. The SMILES string of the molecule is CC(C)S(=O)(=O)c1ccccc1C(=O)NCCC(=O)O. The summed E-state index contributed by atoms with van der Waals surface area (Å²) in [5.74, 6) is -1.63. The quantitative estimate of drug-likeness (QED) is 0.818. The molecule has 6 nitrogen and oxygen atoms in total. The molecule has 110 valence electrons. The highest BCUT2D eigenvalue weighted by atomic mass is 32.2. The van der Waals surface area contributed by atoms with Crippen molar-refractivity contribution in [2.24, 2.45) is 0 Å². The third-order valence-electron chi connectivity index (χ3n) is 2.68. The normalized spacial score (nSPS) is 11.3. The van der Waals surface area contributed by atoms with Crippen molar-refractivity contribution in [3.05, 3.63) is 29.8 Å². The molecule has 0 aliphatic carbocycles. The number of hydrogen-bond donors (Lipinski definition) is 2. The topological polar surface area (TPSA) is 101 Å². The van der Waals surface area contributed by atoms with Gasteiger partial charge in [-0.1, -0.05) is 12.1 Å². The lowest BCUT2D eigenvalue weighted by Crippen LogP contribution is -2.28. The maximum absolute atomic E-state index is 12.2. The summed E-state index contributed by atoms with van der Waals surface area (Å²) < 4.78 is 24.3. The lowest BCUT2D eigenvalue weighted by atomic mass is 10.2. The first kappa shape index (κ1) is 16.2. The van der Waals surface area contributed by atoms with Gasteiger partial charge in [0, 0.05) is 6.54 Å². The van der Waals surface area contributed by atoms with E-state index in [2.05, 4.69) is 5.32 Å². The zero-order chi connectivity index (χ0) is 15.3. The minimum absolute atomic E-state index is 0.0339. The number of aliphatic carboxylic acids is 1. The summed E-state index contributed by atoms with van der Waals surface area (Å²) in [6.07, 6.45) is -0.217. The van der Waals surface area contributed by atoms with Gasteiger partial charge < -0.3 is 10.4 Å². The molecule has 2 N–H and O–H groups in total. The van der Waals surface area contributed by atoms with Gasteiger partial charge in [0.05, 0.1) is 22.1 Å². The molecule has 0 unspecified atom stereocenters. The maximum Gasteiger partial charge on any atom is 0.305 e. The Bertz CT molecular complexity index is 607. The van der Waals surface area contributed by atoms with Gasteiger partial charge in [-0.05, 0) is 26.0 Å². The highest BCUT2D eigenvalue weighted by Crippen LogP contribution is 2.20. The van der Waals surface area contributed by atoms with Crippen molar-refractivity contribution in [2.45, 2.75) is 30.4 Å². The number of amides is 1. The Kier molecular flexibility index (Phi) is 5.26. The first-order valence-corrected chi connectivity index (χ1v) is 7.64. The second-order valence-electron chi connectivity index (χ2n) is 4.49. The van der Waals surface area contributed by atoms with Crippen LogP contribution in [-0.2, 0) is 14.6 Å². The van der Waals surface area contributed by atoms with Crippen LogP contribution in [0.4, 0.5) is 0 Å². The van der Waals surface area contributed by atoms with Gasteiger partial charge in [-0.3, -0.25) is 9.59 Å². The Morgan fingerprint density at radius 3 is 2.40 bits per heavy atom. The van der Waals surface area contributed by atoms with Gasteiger partial charge in [-0.2, -0.15) is 0 Å². The number of carbonyl (C=O) groups excluding carboxylic acids is 1. The molecular weight excluding hydrogens is 282 g/mol. The Morgan fingerprint density at radius 1 is 1.25 bits per heavy atom. The summed E-state index contributed by atoms with van der Waals surface area (Å²) in [6, 6.07) is 5.89. The molecule has 20 heavy (non-hydrogen) atoms. The van der Waals surface area contributed by atoms with Gasteiger partial charge >= 0.3 is 5.97 Å². The second-order valence-corrected chi connectivity index (χ2v) is 6.96. The van der Waals surface area contributed by atoms with Crippen molar-refractivity contribution in [1.29, 1.82) is 0 Å². The van der Waals surface area contributed by atoms with E-state index < -0.39 is 27.0 Å².